The molecule has 0 amide bonds. The Labute approximate surface area is 167 Å². The van der Waals surface area contributed by atoms with E-state index in [4.69, 9.17) is 14.2 Å². The van der Waals surface area contributed by atoms with Crippen molar-refractivity contribution >= 4 is 17.0 Å². The number of aromatic hydroxyl groups is 1. The van der Waals surface area contributed by atoms with E-state index in [1.165, 1.54) is 10.9 Å². The summed E-state index contributed by atoms with van der Waals surface area (Å²) in [5.41, 5.74) is 3.40. The summed E-state index contributed by atoms with van der Waals surface area (Å²) < 4.78 is 15.7. The normalized spacial score (nSPS) is 12.3. The molecule has 29 heavy (non-hydrogen) atoms. The summed E-state index contributed by atoms with van der Waals surface area (Å²) in [4.78, 5) is 12.7. The van der Waals surface area contributed by atoms with Crippen molar-refractivity contribution in [3.05, 3.63) is 48.0 Å². The first-order valence-electron chi connectivity index (χ1n) is 9.33. The molecular weight excluding hydrogens is 374 g/mol. The molecule has 150 valence electrons. The number of phenolic OH excluding ortho intramolecular Hbond substituents is 1. The minimum atomic E-state index is -0.352. The summed E-state index contributed by atoms with van der Waals surface area (Å²) in [5.74, 6) is 0.709. The number of carbonyl (C=O) groups is 1. The number of hydrogen-bond donors (Lipinski definition) is 1. The van der Waals surface area contributed by atoms with Crippen LogP contribution in [0.15, 0.2) is 42.5 Å². The Kier molecular flexibility index (Phi) is 5.07. The van der Waals surface area contributed by atoms with Gasteiger partial charge in [-0.3, -0.25) is 0 Å². The lowest BCUT2D eigenvalue weighted by atomic mass is 10.1. The largest absolute Gasteiger partial charge is 0.505 e. The summed E-state index contributed by atoms with van der Waals surface area (Å²) in [6.45, 7) is 5.70. The van der Waals surface area contributed by atoms with Gasteiger partial charge in [-0.25, -0.2) is 4.79 Å². The third kappa shape index (κ3) is 4.01. The number of unbranched alkanes of at least 4 members (excludes halogenated alkanes) is 1. The first-order valence-corrected chi connectivity index (χ1v) is 9.33. The fourth-order valence-corrected chi connectivity index (χ4v) is 3.02. The van der Waals surface area contributed by atoms with Crippen molar-refractivity contribution in [3.8, 4) is 22.9 Å². The number of hydrogen-bond acceptors (Lipinski definition) is 7. The van der Waals surface area contributed by atoms with Crippen LogP contribution in [0.5, 0.6) is 17.2 Å². The van der Waals surface area contributed by atoms with Crippen molar-refractivity contribution in [1.29, 1.82) is 0 Å². The van der Waals surface area contributed by atoms with Crippen molar-refractivity contribution in [2.45, 2.75) is 26.2 Å². The molecule has 0 fully saturated rings. The second-order valence-corrected chi connectivity index (χ2v) is 6.88. The number of benzene rings is 2. The molecule has 2 heterocycles. The highest BCUT2D eigenvalue weighted by atomic mass is 16.7. The van der Waals surface area contributed by atoms with Gasteiger partial charge in [0.25, 0.3) is 0 Å². The number of fused-ring (bicyclic) bond motifs is 2. The second-order valence-electron chi connectivity index (χ2n) is 6.88. The Balaban J connectivity index is 1.43. The maximum atomic E-state index is 11.4. The van der Waals surface area contributed by atoms with Gasteiger partial charge in [0, 0.05) is 17.7 Å². The monoisotopic (exact) mass is 395 g/mol. The van der Waals surface area contributed by atoms with Gasteiger partial charge in [-0.15, -0.1) is 15.0 Å². The molecule has 2 aromatic carbocycles. The van der Waals surface area contributed by atoms with E-state index in [2.05, 4.69) is 16.8 Å². The summed E-state index contributed by atoms with van der Waals surface area (Å²) >= 11 is 0. The lowest BCUT2D eigenvalue weighted by Crippen LogP contribution is -2.06. The molecular formula is C21H21N3O5. The lowest BCUT2D eigenvalue weighted by Gasteiger charge is -2.04. The molecule has 8 nitrogen and oxygen atoms in total. The average molecular weight is 395 g/mol. The number of phenols is 1. The Bertz CT molecular complexity index is 1090. The van der Waals surface area contributed by atoms with Crippen LogP contribution in [0.4, 0.5) is 0 Å². The van der Waals surface area contributed by atoms with Gasteiger partial charge < -0.3 is 19.3 Å². The lowest BCUT2D eigenvalue weighted by molar-refractivity contribution is -0.139. The number of aryl methyl sites for hydroxylation is 1. The molecule has 3 aromatic rings. The molecule has 8 heteroatoms. The smallest absolute Gasteiger partial charge is 0.333 e. The molecule has 0 radical (unpaired) electrons. The fourth-order valence-electron chi connectivity index (χ4n) is 3.02. The zero-order chi connectivity index (χ0) is 20.4. The van der Waals surface area contributed by atoms with Gasteiger partial charge >= 0.3 is 5.97 Å². The van der Waals surface area contributed by atoms with E-state index in [1.807, 2.05) is 18.2 Å². The van der Waals surface area contributed by atoms with Crippen LogP contribution in [-0.2, 0) is 16.0 Å². The van der Waals surface area contributed by atoms with E-state index >= 15 is 0 Å². The van der Waals surface area contributed by atoms with Crippen LogP contribution in [-0.4, -0.2) is 39.5 Å². The summed E-state index contributed by atoms with van der Waals surface area (Å²) in [6, 6.07) is 9.03. The number of nitrogens with zero attached hydrogens (tertiary/aromatic N) is 3. The van der Waals surface area contributed by atoms with E-state index in [1.54, 1.807) is 13.0 Å². The number of carbonyl (C=O) groups excluding carboxylic acids is 1. The van der Waals surface area contributed by atoms with E-state index < -0.39 is 0 Å². The van der Waals surface area contributed by atoms with Crippen molar-refractivity contribution in [3.63, 3.8) is 0 Å². The molecule has 0 unspecified atom stereocenters. The molecule has 0 saturated carbocycles. The number of ether oxygens (including phenoxy) is 3. The Morgan fingerprint density at radius 3 is 2.72 bits per heavy atom. The minimum absolute atomic E-state index is 0.0130. The number of rotatable bonds is 7. The molecule has 1 N–H and O–H groups in total. The maximum absolute atomic E-state index is 11.4. The third-order valence-electron chi connectivity index (χ3n) is 4.57. The second kappa shape index (κ2) is 7.83. The van der Waals surface area contributed by atoms with Crippen LogP contribution in [0.2, 0.25) is 0 Å². The first-order chi connectivity index (χ1) is 14.0. The summed E-state index contributed by atoms with van der Waals surface area (Å²) in [6.07, 6.45) is 2.49. The van der Waals surface area contributed by atoms with E-state index in [0.717, 1.165) is 35.9 Å². The van der Waals surface area contributed by atoms with Gasteiger partial charge in [-0.1, -0.05) is 12.6 Å². The van der Waals surface area contributed by atoms with Crippen LogP contribution < -0.4 is 9.47 Å². The SMILES string of the molecule is C=C(C)C(=O)OCCCCc1ccc2nn(-c3cc4c(cc3O)OCO4)nc2c1. The zero-order valence-electron chi connectivity index (χ0n) is 16.1. The quantitative estimate of drug-likeness (QED) is 0.372. The highest BCUT2D eigenvalue weighted by Gasteiger charge is 2.19. The first kappa shape index (κ1) is 18.8. The van der Waals surface area contributed by atoms with Crippen molar-refractivity contribution in [2.24, 2.45) is 0 Å². The number of esters is 1. The van der Waals surface area contributed by atoms with Crippen molar-refractivity contribution < 1.29 is 24.1 Å². The topological polar surface area (TPSA) is 95.7 Å². The van der Waals surface area contributed by atoms with E-state index in [-0.39, 0.29) is 18.5 Å². The standard InChI is InChI=1S/C21H21N3O5/c1-13(2)21(26)27-8-4-3-5-14-6-7-15-16(9-14)23-24(22-15)17-10-19-20(11-18(17)25)29-12-28-19/h6-7,9-11,25H,1,3-5,8,12H2,2H3. The van der Waals surface area contributed by atoms with Crippen LogP contribution >= 0.6 is 0 Å². The van der Waals surface area contributed by atoms with Crippen molar-refractivity contribution in [1.82, 2.24) is 15.0 Å². The molecule has 1 aromatic heterocycles. The van der Waals surface area contributed by atoms with E-state index in [9.17, 15) is 9.90 Å². The highest BCUT2D eigenvalue weighted by Crippen LogP contribution is 2.39. The Morgan fingerprint density at radius 1 is 1.17 bits per heavy atom. The van der Waals surface area contributed by atoms with Crippen LogP contribution in [0.1, 0.15) is 25.3 Å². The molecule has 4 rings (SSSR count). The molecule has 0 saturated heterocycles. The number of aromatic nitrogens is 3. The maximum Gasteiger partial charge on any atom is 0.333 e. The zero-order valence-corrected chi connectivity index (χ0v) is 16.1. The highest BCUT2D eigenvalue weighted by molar-refractivity contribution is 5.86. The van der Waals surface area contributed by atoms with Gasteiger partial charge in [-0.05, 0) is 43.9 Å². The predicted molar refractivity (Wildman–Crippen MR) is 105 cm³/mol. The molecule has 0 spiro atoms. The molecule has 1 aliphatic heterocycles. The van der Waals surface area contributed by atoms with Crippen LogP contribution in [0, 0.1) is 0 Å². The Hall–Kier alpha value is -3.55. The summed E-state index contributed by atoms with van der Waals surface area (Å²) in [5, 5.41) is 19.2. The fraction of sp³-hybridized carbons (Fsp3) is 0.286. The van der Waals surface area contributed by atoms with E-state index in [0.29, 0.717) is 29.4 Å². The predicted octanol–water partition coefficient (Wildman–Crippen LogP) is 3.30. The van der Waals surface area contributed by atoms with Gasteiger partial charge in [0.05, 0.1) is 6.61 Å². The average Bonchev–Trinajstić information content (AvgIpc) is 3.32. The van der Waals surface area contributed by atoms with Gasteiger partial charge in [0.1, 0.15) is 22.5 Å². The van der Waals surface area contributed by atoms with Gasteiger partial charge in [0.2, 0.25) is 6.79 Å². The van der Waals surface area contributed by atoms with Crippen LogP contribution in [0.25, 0.3) is 16.7 Å². The van der Waals surface area contributed by atoms with Crippen LogP contribution in [0.3, 0.4) is 0 Å². The van der Waals surface area contributed by atoms with Gasteiger partial charge in [-0.2, -0.15) is 0 Å². The molecule has 1 aliphatic rings. The summed E-state index contributed by atoms with van der Waals surface area (Å²) in [7, 11) is 0. The van der Waals surface area contributed by atoms with Crippen molar-refractivity contribution in [2.75, 3.05) is 13.4 Å². The molecule has 0 bridgehead atoms. The Morgan fingerprint density at radius 2 is 1.93 bits per heavy atom. The minimum Gasteiger partial charge on any atom is -0.505 e. The third-order valence-corrected chi connectivity index (χ3v) is 4.57. The molecule has 0 aliphatic carbocycles. The van der Waals surface area contributed by atoms with Gasteiger partial charge in [0.15, 0.2) is 11.5 Å². The molecule has 0 atom stereocenters.